The number of phenols is 1. The summed E-state index contributed by atoms with van der Waals surface area (Å²) in [4.78, 5) is 58.9. The van der Waals surface area contributed by atoms with Crippen molar-refractivity contribution in [1.29, 1.82) is 0 Å². The molecule has 5 rings (SSSR count). The highest BCUT2D eigenvalue weighted by Gasteiger charge is 2.31. The van der Waals surface area contributed by atoms with Crippen LogP contribution in [-0.4, -0.2) is 79.8 Å². The number of nitrogens with two attached hydrogens (primary N) is 1. The second-order valence-electron chi connectivity index (χ2n) is 11.3. The van der Waals surface area contributed by atoms with Crippen molar-refractivity contribution in [1.82, 2.24) is 25.9 Å². The van der Waals surface area contributed by atoms with Gasteiger partial charge in [0.2, 0.25) is 17.7 Å². The molecule has 244 valence electrons. The van der Waals surface area contributed by atoms with Gasteiger partial charge in [0.25, 0.3) is 0 Å². The van der Waals surface area contributed by atoms with E-state index in [2.05, 4.69) is 25.9 Å². The molecule has 0 aliphatic heterocycles. The van der Waals surface area contributed by atoms with Gasteiger partial charge in [-0.05, 0) is 41.0 Å². The Morgan fingerprint density at radius 1 is 0.660 bits per heavy atom. The first-order chi connectivity index (χ1) is 22.6. The molecule has 4 atom stereocenters. The molecule has 47 heavy (non-hydrogen) atoms. The SMILES string of the molecule is NC(CO)C(=O)NC(Cc1ccc(O)cc1)C(=O)NC(Cc1c[nH]c2ccccc12)C(=O)NC(Cc1c[nH]c2ccccc12)C(=O)O. The number of aliphatic carboxylic acids is 1. The molecule has 0 saturated heterocycles. The molecule has 0 fully saturated rings. The molecule has 5 aromatic rings. The maximum absolute atomic E-state index is 13.9. The van der Waals surface area contributed by atoms with Crippen LogP contribution < -0.4 is 21.7 Å². The molecule has 0 bridgehead atoms. The number of hydrogen-bond acceptors (Lipinski definition) is 7. The number of aromatic amines is 2. The Labute approximate surface area is 269 Å². The van der Waals surface area contributed by atoms with Gasteiger partial charge in [-0.15, -0.1) is 0 Å². The lowest BCUT2D eigenvalue weighted by Gasteiger charge is -2.25. The average molecular weight is 641 g/mol. The lowest BCUT2D eigenvalue weighted by atomic mass is 10.0. The summed E-state index contributed by atoms with van der Waals surface area (Å²) in [5.41, 5.74) is 9.31. The summed E-state index contributed by atoms with van der Waals surface area (Å²) in [6, 6.07) is 15.7. The first kappa shape index (κ1) is 32.7. The van der Waals surface area contributed by atoms with E-state index in [0.29, 0.717) is 16.7 Å². The van der Waals surface area contributed by atoms with Gasteiger partial charge in [-0.2, -0.15) is 0 Å². The summed E-state index contributed by atoms with van der Waals surface area (Å²) in [7, 11) is 0. The van der Waals surface area contributed by atoms with E-state index in [0.717, 1.165) is 21.8 Å². The Morgan fingerprint density at radius 2 is 1.13 bits per heavy atom. The third-order valence-corrected chi connectivity index (χ3v) is 7.99. The maximum Gasteiger partial charge on any atom is 0.326 e. The number of aliphatic hydroxyl groups is 1. The number of carboxylic acids is 1. The van der Waals surface area contributed by atoms with Crippen molar-refractivity contribution in [2.24, 2.45) is 5.73 Å². The number of aromatic hydroxyl groups is 1. The number of nitrogens with one attached hydrogen (secondary N) is 5. The number of amides is 3. The molecule has 0 aliphatic rings. The minimum atomic E-state index is -1.32. The standard InChI is InChI=1S/C34H36N6O7/c35-25(18-41)31(43)38-28(13-19-9-11-22(42)12-10-19)32(44)39-29(14-20-16-36-26-7-3-1-5-23(20)26)33(45)40-30(34(46)47)15-21-17-37-27-8-4-2-6-24(21)27/h1-12,16-17,25,28-30,36-37,41-42H,13-15,18,35H2,(H,38,43)(H,39,44)(H,40,45)(H,46,47). The van der Waals surface area contributed by atoms with E-state index in [1.54, 1.807) is 24.5 Å². The molecule has 0 aliphatic carbocycles. The van der Waals surface area contributed by atoms with Gasteiger partial charge in [-0.25, -0.2) is 4.79 Å². The highest BCUT2D eigenvalue weighted by molar-refractivity contribution is 5.95. The molecule has 0 spiro atoms. The molecule has 13 heteroatoms. The van der Waals surface area contributed by atoms with Crippen LogP contribution in [0.4, 0.5) is 0 Å². The van der Waals surface area contributed by atoms with Crippen LogP contribution in [0.25, 0.3) is 21.8 Å². The minimum Gasteiger partial charge on any atom is -0.508 e. The van der Waals surface area contributed by atoms with E-state index in [-0.39, 0.29) is 25.0 Å². The first-order valence-electron chi connectivity index (χ1n) is 15.0. The number of carboxylic acid groups (broad SMARTS) is 1. The third-order valence-electron chi connectivity index (χ3n) is 7.99. The highest BCUT2D eigenvalue weighted by atomic mass is 16.4. The zero-order valence-electron chi connectivity index (χ0n) is 25.3. The molecule has 13 nitrogen and oxygen atoms in total. The Hall–Kier alpha value is -5.66. The molecule has 10 N–H and O–H groups in total. The van der Waals surface area contributed by atoms with E-state index >= 15 is 0 Å². The van der Waals surface area contributed by atoms with Crippen LogP contribution in [0.1, 0.15) is 16.7 Å². The van der Waals surface area contributed by atoms with Crippen molar-refractivity contribution in [2.75, 3.05) is 6.61 Å². The van der Waals surface area contributed by atoms with E-state index in [9.17, 15) is 34.5 Å². The first-order valence-corrected chi connectivity index (χ1v) is 15.0. The number of fused-ring (bicyclic) bond motifs is 2. The summed E-state index contributed by atoms with van der Waals surface area (Å²) in [5.74, 6) is -3.50. The number of benzene rings is 3. The molecular formula is C34H36N6O7. The molecule has 0 saturated carbocycles. The van der Waals surface area contributed by atoms with Crippen LogP contribution in [0.5, 0.6) is 5.75 Å². The lowest BCUT2D eigenvalue weighted by Crippen LogP contribution is -2.58. The van der Waals surface area contributed by atoms with E-state index < -0.39 is 54.5 Å². The van der Waals surface area contributed by atoms with Crippen molar-refractivity contribution in [3.63, 3.8) is 0 Å². The van der Waals surface area contributed by atoms with Crippen molar-refractivity contribution < 1.29 is 34.5 Å². The number of hydrogen-bond donors (Lipinski definition) is 9. The quantitative estimate of drug-likeness (QED) is 0.0857. The fourth-order valence-electron chi connectivity index (χ4n) is 5.43. The normalized spacial score (nSPS) is 13.8. The van der Waals surface area contributed by atoms with Crippen molar-refractivity contribution in [3.05, 3.63) is 102 Å². The molecule has 3 amide bonds. The van der Waals surface area contributed by atoms with Crippen LogP contribution in [0.2, 0.25) is 0 Å². The topological polar surface area (TPSA) is 223 Å². The zero-order chi connectivity index (χ0) is 33.5. The lowest BCUT2D eigenvalue weighted by molar-refractivity contribution is -0.142. The van der Waals surface area contributed by atoms with Crippen LogP contribution in [0, 0.1) is 0 Å². The summed E-state index contributed by atoms with van der Waals surface area (Å²) < 4.78 is 0. The predicted octanol–water partition coefficient (Wildman–Crippen LogP) is 1.24. The van der Waals surface area contributed by atoms with Gasteiger partial charge in [-0.1, -0.05) is 48.5 Å². The number of para-hydroxylation sites is 2. The summed E-state index contributed by atoms with van der Waals surface area (Å²) in [6.45, 7) is -0.655. The van der Waals surface area contributed by atoms with Gasteiger partial charge in [0, 0.05) is 53.5 Å². The Morgan fingerprint density at radius 3 is 1.66 bits per heavy atom. The van der Waals surface area contributed by atoms with Gasteiger partial charge in [0.05, 0.1) is 6.61 Å². The molecule has 2 aromatic heterocycles. The second kappa shape index (κ2) is 14.6. The Balaban J connectivity index is 1.42. The molecule has 2 heterocycles. The van der Waals surface area contributed by atoms with Crippen molar-refractivity contribution in [3.8, 4) is 5.75 Å². The zero-order valence-corrected chi connectivity index (χ0v) is 25.3. The number of carbonyl (C=O) groups excluding carboxylic acids is 3. The van der Waals surface area contributed by atoms with Gasteiger partial charge in [-0.3, -0.25) is 14.4 Å². The summed E-state index contributed by atoms with van der Waals surface area (Å²) >= 11 is 0. The second-order valence-corrected chi connectivity index (χ2v) is 11.3. The van der Waals surface area contributed by atoms with Gasteiger partial charge < -0.3 is 47.0 Å². The fourth-order valence-corrected chi connectivity index (χ4v) is 5.43. The van der Waals surface area contributed by atoms with Crippen LogP contribution in [0.3, 0.4) is 0 Å². The smallest absolute Gasteiger partial charge is 0.326 e. The fraction of sp³-hybridized carbons (Fsp3) is 0.235. The van der Waals surface area contributed by atoms with E-state index in [1.807, 2.05) is 48.5 Å². The van der Waals surface area contributed by atoms with Gasteiger partial charge in [0.1, 0.15) is 29.9 Å². The number of carbonyl (C=O) groups is 4. The van der Waals surface area contributed by atoms with Gasteiger partial charge >= 0.3 is 5.97 Å². The molecular weight excluding hydrogens is 604 g/mol. The molecule has 4 unspecified atom stereocenters. The highest BCUT2D eigenvalue weighted by Crippen LogP contribution is 2.21. The predicted molar refractivity (Wildman–Crippen MR) is 174 cm³/mol. The van der Waals surface area contributed by atoms with Crippen molar-refractivity contribution in [2.45, 2.75) is 43.4 Å². The Bertz CT molecular complexity index is 1880. The molecule has 3 aromatic carbocycles. The van der Waals surface area contributed by atoms with Crippen LogP contribution in [0.15, 0.2) is 85.2 Å². The largest absolute Gasteiger partial charge is 0.508 e. The van der Waals surface area contributed by atoms with Crippen LogP contribution >= 0.6 is 0 Å². The maximum atomic E-state index is 13.9. The molecule has 0 radical (unpaired) electrons. The van der Waals surface area contributed by atoms with Crippen molar-refractivity contribution >= 4 is 45.5 Å². The van der Waals surface area contributed by atoms with E-state index in [1.165, 1.54) is 12.1 Å². The number of rotatable bonds is 14. The van der Waals surface area contributed by atoms with Crippen LogP contribution in [-0.2, 0) is 38.4 Å². The number of aliphatic hydroxyl groups excluding tert-OH is 1. The Kier molecular flexibility index (Phi) is 10.2. The van der Waals surface area contributed by atoms with E-state index in [4.69, 9.17) is 5.73 Å². The number of H-pyrrole nitrogens is 2. The minimum absolute atomic E-state index is 0.00294. The average Bonchev–Trinajstić information content (AvgIpc) is 3.68. The summed E-state index contributed by atoms with van der Waals surface area (Å²) in [6.07, 6.45) is 3.36. The number of aromatic nitrogens is 2. The number of phenolic OH excluding ortho intramolecular Hbond substituents is 1. The monoisotopic (exact) mass is 640 g/mol. The van der Waals surface area contributed by atoms with Gasteiger partial charge in [0.15, 0.2) is 0 Å². The third kappa shape index (κ3) is 7.95. The summed E-state index contributed by atoms with van der Waals surface area (Å²) in [5, 5.41) is 38.7.